The third-order valence-corrected chi connectivity index (χ3v) is 0.861. The number of nitrogens with one attached hydrogen (secondary N) is 2. The minimum Gasteiger partial charge on any atom is -0.312 e. The summed E-state index contributed by atoms with van der Waals surface area (Å²) in [5.74, 6) is 0.0722. The number of carbonyl (C=O) groups is 1. The Morgan fingerprint density at radius 1 is 1.80 bits per heavy atom. The second-order valence-electron chi connectivity index (χ2n) is 1.75. The quantitative estimate of drug-likeness (QED) is 0.444. The first-order chi connectivity index (χ1) is 4.57. The fourth-order valence-corrected chi connectivity index (χ4v) is 0.344. The third kappa shape index (κ3) is 2.81. The SMILES string of the molecule is C=C(NC(C)=O)N(C)N=N. The summed E-state index contributed by atoms with van der Waals surface area (Å²) in [6.45, 7) is 4.81. The molecule has 5 nitrogen and oxygen atoms in total. The Morgan fingerprint density at radius 3 is 2.60 bits per heavy atom. The van der Waals surface area contributed by atoms with Gasteiger partial charge in [-0.3, -0.25) is 4.79 Å². The summed E-state index contributed by atoms with van der Waals surface area (Å²) in [6.07, 6.45) is 0. The van der Waals surface area contributed by atoms with Crippen LogP contribution in [-0.4, -0.2) is 18.0 Å². The van der Waals surface area contributed by atoms with Crippen LogP contribution in [0.1, 0.15) is 6.92 Å². The van der Waals surface area contributed by atoms with Crippen molar-refractivity contribution in [2.75, 3.05) is 7.05 Å². The van der Waals surface area contributed by atoms with Gasteiger partial charge in [0.15, 0.2) is 0 Å². The smallest absolute Gasteiger partial charge is 0.222 e. The molecule has 0 radical (unpaired) electrons. The lowest BCUT2D eigenvalue weighted by atomic mass is 10.6. The Hall–Kier alpha value is -1.39. The first-order valence-electron chi connectivity index (χ1n) is 2.65. The summed E-state index contributed by atoms with van der Waals surface area (Å²) < 4.78 is 0. The Balaban J connectivity index is 3.84. The normalized spacial score (nSPS) is 8.20. The molecule has 2 N–H and O–H groups in total. The molecule has 10 heavy (non-hydrogen) atoms. The number of rotatable bonds is 3. The molecule has 0 aromatic carbocycles. The minimum atomic E-state index is -0.222. The van der Waals surface area contributed by atoms with Gasteiger partial charge in [-0.2, -0.15) is 5.53 Å². The van der Waals surface area contributed by atoms with Gasteiger partial charge >= 0.3 is 0 Å². The zero-order chi connectivity index (χ0) is 8.15. The van der Waals surface area contributed by atoms with Crippen molar-refractivity contribution in [3.05, 3.63) is 12.4 Å². The van der Waals surface area contributed by atoms with Crippen molar-refractivity contribution in [3.63, 3.8) is 0 Å². The van der Waals surface area contributed by atoms with Crippen molar-refractivity contribution in [1.82, 2.24) is 10.3 Å². The number of nitrogens with zero attached hydrogens (tertiary/aromatic N) is 2. The van der Waals surface area contributed by atoms with E-state index in [1.54, 1.807) is 0 Å². The van der Waals surface area contributed by atoms with Crippen LogP contribution < -0.4 is 5.32 Å². The summed E-state index contributed by atoms with van der Waals surface area (Å²) >= 11 is 0. The standard InChI is InChI=1S/C5H10N4O/c1-4(7-5(2)10)9(3)8-6/h6H,1H2,2-3H3,(H,7,10). The minimum absolute atomic E-state index is 0.222. The van der Waals surface area contributed by atoms with Crippen molar-refractivity contribution in [3.8, 4) is 0 Å². The van der Waals surface area contributed by atoms with Crippen LogP contribution in [0.3, 0.4) is 0 Å². The number of hydrogen-bond acceptors (Lipinski definition) is 3. The van der Waals surface area contributed by atoms with Gasteiger partial charge in [-0.15, -0.1) is 0 Å². The summed E-state index contributed by atoms with van der Waals surface area (Å²) in [4.78, 5) is 10.4. The molecule has 5 heteroatoms. The van der Waals surface area contributed by atoms with Crippen LogP contribution in [0.25, 0.3) is 0 Å². The van der Waals surface area contributed by atoms with E-state index in [2.05, 4.69) is 17.1 Å². The average Bonchev–Trinajstić information content (AvgIpc) is 1.85. The van der Waals surface area contributed by atoms with Crippen LogP contribution in [0.4, 0.5) is 0 Å². The van der Waals surface area contributed by atoms with E-state index >= 15 is 0 Å². The van der Waals surface area contributed by atoms with Gasteiger partial charge in [0.1, 0.15) is 5.82 Å². The predicted molar refractivity (Wildman–Crippen MR) is 35.9 cm³/mol. The van der Waals surface area contributed by atoms with Crippen LogP contribution >= 0.6 is 0 Å². The molecule has 0 saturated heterocycles. The molecule has 0 saturated carbocycles. The summed E-state index contributed by atoms with van der Waals surface area (Å²) in [5, 5.41) is 6.54. The molecule has 0 aliphatic rings. The molecule has 0 unspecified atom stereocenters. The number of carbonyl (C=O) groups excluding carboxylic acids is 1. The molecule has 0 spiro atoms. The van der Waals surface area contributed by atoms with E-state index in [9.17, 15) is 4.79 Å². The van der Waals surface area contributed by atoms with Crippen LogP contribution in [0.5, 0.6) is 0 Å². The van der Waals surface area contributed by atoms with Gasteiger partial charge in [0.25, 0.3) is 0 Å². The van der Waals surface area contributed by atoms with Gasteiger partial charge in [-0.25, -0.2) is 5.01 Å². The van der Waals surface area contributed by atoms with Crippen molar-refractivity contribution < 1.29 is 4.79 Å². The molecule has 0 heterocycles. The molecule has 0 rings (SSSR count). The van der Waals surface area contributed by atoms with E-state index in [1.165, 1.54) is 14.0 Å². The van der Waals surface area contributed by atoms with Crippen LogP contribution in [0, 0.1) is 5.53 Å². The summed E-state index contributed by atoms with van der Waals surface area (Å²) in [5.41, 5.74) is 6.52. The van der Waals surface area contributed by atoms with Crippen molar-refractivity contribution in [1.29, 1.82) is 5.53 Å². The van der Waals surface area contributed by atoms with Crippen molar-refractivity contribution in [2.45, 2.75) is 6.92 Å². The molecule has 0 bridgehead atoms. The zero-order valence-corrected chi connectivity index (χ0v) is 6.01. The third-order valence-electron chi connectivity index (χ3n) is 0.861. The highest BCUT2D eigenvalue weighted by Gasteiger charge is 1.99. The topological polar surface area (TPSA) is 68.6 Å². The molecule has 0 aliphatic carbocycles. The second-order valence-corrected chi connectivity index (χ2v) is 1.75. The molecular formula is C5H10N4O. The number of amides is 1. The molecule has 0 aliphatic heterocycles. The number of hydrogen-bond donors (Lipinski definition) is 2. The first-order valence-corrected chi connectivity index (χ1v) is 2.65. The van der Waals surface area contributed by atoms with Gasteiger partial charge < -0.3 is 5.32 Å². The van der Waals surface area contributed by atoms with E-state index in [4.69, 9.17) is 5.53 Å². The molecule has 0 atom stereocenters. The summed E-state index contributed by atoms with van der Waals surface area (Å²) in [6, 6.07) is 0. The Bertz CT molecular complexity index is 165. The first kappa shape index (κ1) is 8.61. The Morgan fingerprint density at radius 2 is 2.30 bits per heavy atom. The maximum absolute atomic E-state index is 10.4. The monoisotopic (exact) mass is 142 g/mol. The van der Waals surface area contributed by atoms with Gasteiger partial charge in [0.2, 0.25) is 5.91 Å². The molecule has 0 fully saturated rings. The lowest BCUT2D eigenvalue weighted by Crippen LogP contribution is -2.27. The van der Waals surface area contributed by atoms with Gasteiger partial charge in [0.05, 0.1) is 0 Å². The lowest BCUT2D eigenvalue weighted by molar-refractivity contribution is -0.118. The van der Waals surface area contributed by atoms with Crippen LogP contribution in [0.15, 0.2) is 17.6 Å². The van der Waals surface area contributed by atoms with E-state index in [-0.39, 0.29) is 5.91 Å². The van der Waals surface area contributed by atoms with Crippen LogP contribution in [0.2, 0.25) is 0 Å². The highest BCUT2D eigenvalue weighted by atomic mass is 16.1. The fraction of sp³-hybridized carbons (Fsp3) is 0.400. The Labute approximate surface area is 59.2 Å². The predicted octanol–water partition coefficient (Wildman–Crippen LogP) is 0.471. The summed E-state index contributed by atoms with van der Waals surface area (Å²) in [7, 11) is 1.52. The molecular weight excluding hydrogens is 132 g/mol. The lowest BCUT2D eigenvalue weighted by Gasteiger charge is -2.12. The highest BCUT2D eigenvalue weighted by Crippen LogP contribution is 1.91. The van der Waals surface area contributed by atoms with E-state index in [0.29, 0.717) is 5.82 Å². The largest absolute Gasteiger partial charge is 0.312 e. The van der Waals surface area contributed by atoms with Gasteiger partial charge in [0, 0.05) is 14.0 Å². The fourth-order valence-electron chi connectivity index (χ4n) is 0.344. The maximum atomic E-state index is 10.4. The highest BCUT2D eigenvalue weighted by molar-refractivity contribution is 5.74. The second kappa shape index (κ2) is 3.60. The Kier molecular flexibility index (Phi) is 3.10. The molecule has 0 aromatic heterocycles. The van der Waals surface area contributed by atoms with Crippen molar-refractivity contribution in [2.24, 2.45) is 5.22 Å². The maximum Gasteiger partial charge on any atom is 0.222 e. The van der Waals surface area contributed by atoms with Crippen molar-refractivity contribution >= 4 is 5.91 Å². The van der Waals surface area contributed by atoms with E-state index in [0.717, 1.165) is 5.01 Å². The average molecular weight is 142 g/mol. The molecule has 1 amide bonds. The van der Waals surface area contributed by atoms with Crippen LogP contribution in [-0.2, 0) is 4.79 Å². The molecule has 56 valence electrons. The van der Waals surface area contributed by atoms with Gasteiger partial charge in [-0.1, -0.05) is 11.8 Å². The molecule has 0 aromatic rings. The van der Waals surface area contributed by atoms with E-state index in [1.807, 2.05) is 0 Å². The van der Waals surface area contributed by atoms with Gasteiger partial charge in [-0.05, 0) is 0 Å². The van der Waals surface area contributed by atoms with E-state index < -0.39 is 0 Å². The zero-order valence-electron chi connectivity index (χ0n) is 6.01.